The van der Waals surface area contributed by atoms with Crippen molar-refractivity contribution in [1.82, 2.24) is 0 Å². The second kappa shape index (κ2) is 8.49. The molecule has 0 saturated carbocycles. The van der Waals surface area contributed by atoms with Gasteiger partial charge in [-0.25, -0.2) is 4.57 Å². The van der Waals surface area contributed by atoms with E-state index in [1.165, 1.54) is 30.4 Å². The Bertz CT molecular complexity index is 396. The van der Waals surface area contributed by atoms with Crippen LogP contribution in [0.15, 0.2) is 24.3 Å². The van der Waals surface area contributed by atoms with Crippen LogP contribution >= 0.6 is 7.82 Å². The molecule has 0 bridgehead atoms. The van der Waals surface area contributed by atoms with E-state index in [0.717, 1.165) is 12.8 Å². The third kappa shape index (κ3) is 8.17. The normalized spacial score (nSPS) is 11.7. The van der Waals surface area contributed by atoms with E-state index in [1.54, 1.807) is 0 Å². The van der Waals surface area contributed by atoms with Crippen molar-refractivity contribution in [2.45, 2.75) is 45.4 Å². The molecule has 0 aliphatic heterocycles. The number of aryl methyl sites for hydroxylation is 2. The minimum Gasteiger partial charge on any atom is -0.303 e. The van der Waals surface area contributed by atoms with Crippen molar-refractivity contribution in [2.75, 3.05) is 6.61 Å². The first-order valence-electron chi connectivity index (χ1n) is 6.79. The van der Waals surface area contributed by atoms with Crippen LogP contribution in [0, 0.1) is 0 Å². The van der Waals surface area contributed by atoms with Gasteiger partial charge in [-0.2, -0.15) is 0 Å². The number of hydrogen-bond acceptors (Lipinski definition) is 2. The van der Waals surface area contributed by atoms with Crippen molar-refractivity contribution in [3.8, 4) is 0 Å². The summed E-state index contributed by atoms with van der Waals surface area (Å²) in [7, 11) is -4.31. The molecule has 0 atom stereocenters. The maximum Gasteiger partial charge on any atom is 0.469 e. The number of phosphoric acid groups is 1. The Morgan fingerprint density at radius 3 is 2.00 bits per heavy atom. The first-order chi connectivity index (χ1) is 9.01. The molecule has 1 rings (SSSR count). The van der Waals surface area contributed by atoms with Gasteiger partial charge in [-0.05, 0) is 36.8 Å². The molecule has 0 aromatic heterocycles. The SMILES string of the molecule is CCCCCc1ccc(CCCOP(=O)(O)O)cc1. The van der Waals surface area contributed by atoms with Crippen molar-refractivity contribution in [1.29, 1.82) is 0 Å². The Hall–Kier alpha value is -0.670. The van der Waals surface area contributed by atoms with Gasteiger partial charge in [-0.3, -0.25) is 4.52 Å². The molecule has 1 aromatic carbocycles. The van der Waals surface area contributed by atoms with Crippen LogP contribution in [0.3, 0.4) is 0 Å². The van der Waals surface area contributed by atoms with Crippen LogP contribution in [0.2, 0.25) is 0 Å². The summed E-state index contributed by atoms with van der Waals surface area (Å²) in [5.74, 6) is 0. The van der Waals surface area contributed by atoms with Crippen molar-refractivity contribution < 1.29 is 18.9 Å². The lowest BCUT2D eigenvalue weighted by Gasteiger charge is -2.06. The number of rotatable bonds is 9. The summed E-state index contributed by atoms with van der Waals surface area (Å²) in [6.45, 7) is 2.28. The van der Waals surface area contributed by atoms with Crippen molar-refractivity contribution in [2.24, 2.45) is 0 Å². The largest absolute Gasteiger partial charge is 0.469 e. The standard InChI is InChI=1S/C14H23O4P/c1-2-3-4-6-13-8-10-14(11-9-13)7-5-12-18-19(15,16)17/h8-11H,2-7,12H2,1H3,(H2,15,16,17). The summed E-state index contributed by atoms with van der Waals surface area (Å²) in [4.78, 5) is 17.1. The van der Waals surface area contributed by atoms with E-state index in [1.807, 2.05) is 0 Å². The number of phosphoric ester groups is 1. The highest BCUT2D eigenvalue weighted by Crippen LogP contribution is 2.35. The molecular weight excluding hydrogens is 263 g/mol. The average Bonchev–Trinajstić information content (AvgIpc) is 2.36. The topological polar surface area (TPSA) is 66.8 Å². The summed E-state index contributed by atoms with van der Waals surface area (Å²) < 4.78 is 14.9. The van der Waals surface area contributed by atoms with Crippen LogP contribution in [0.25, 0.3) is 0 Å². The Kier molecular flexibility index (Phi) is 7.32. The second-order valence-corrected chi connectivity index (χ2v) is 5.94. The lowest BCUT2D eigenvalue weighted by atomic mass is 10.0. The van der Waals surface area contributed by atoms with Gasteiger partial charge in [-0.15, -0.1) is 0 Å². The predicted octanol–water partition coefficient (Wildman–Crippen LogP) is 3.46. The number of unbranched alkanes of at least 4 members (excludes halogenated alkanes) is 2. The van der Waals surface area contributed by atoms with Gasteiger partial charge in [0, 0.05) is 0 Å². The molecule has 0 radical (unpaired) electrons. The maximum absolute atomic E-state index is 10.5. The summed E-state index contributed by atoms with van der Waals surface area (Å²) in [6.07, 6.45) is 6.23. The summed E-state index contributed by atoms with van der Waals surface area (Å²) in [5, 5.41) is 0. The van der Waals surface area contributed by atoms with Gasteiger partial charge < -0.3 is 9.79 Å². The van der Waals surface area contributed by atoms with Crippen LogP contribution in [0.5, 0.6) is 0 Å². The smallest absolute Gasteiger partial charge is 0.303 e. The minimum atomic E-state index is -4.31. The first kappa shape index (κ1) is 16.4. The molecule has 4 nitrogen and oxygen atoms in total. The van der Waals surface area contributed by atoms with Gasteiger partial charge in [0.25, 0.3) is 0 Å². The Balaban J connectivity index is 2.26. The molecule has 2 N–H and O–H groups in total. The van der Waals surface area contributed by atoms with E-state index in [9.17, 15) is 4.57 Å². The van der Waals surface area contributed by atoms with E-state index in [0.29, 0.717) is 6.42 Å². The quantitative estimate of drug-likeness (QED) is 0.539. The molecule has 0 aliphatic rings. The second-order valence-electron chi connectivity index (χ2n) is 4.70. The Morgan fingerprint density at radius 2 is 1.53 bits per heavy atom. The van der Waals surface area contributed by atoms with Crippen LogP contribution < -0.4 is 0 Å². The molecule has 1 aromatic rings. The lowest BCUT2D eigenvalue weighted by Crippen LogP contribution is -1.95. The zero-order valence-electron chi connectivity index (χ0n) is 11.4. The van der Waals surface area contributed by atoms with E-state index in [2.05, 4.69) is 35.7 Å². The van der Waals surface area contributed by atoms with Crippen LogP contribution in [-0.4, -0.2) is 16.4 Å². The molecule has 0 unspecified atom stereocenters. The Labute approximate surface area is 115 Å². The average molecular weight is 286 g/mol. The molecule has 0 amide bonds. The van der Waals surface area contributed by atoms with Crippen molar-refractivity contribution in [3.05, 3.63) is 35.4 Å². The fourth-order valence-electron chi connectivity index (χ4n) is 1.91. The third-order valence-corrected chi connectivity index (χ3v) is 3.48. The fourth-order valence-corrected chi connectivity index (χ4v) is 2.28. The maximum atomic E-state index is 10.5. The number of benzene rings is 1. The van der Waals surface area contributed by atoms with Crippen LogP contribution in [-0.2, 0) is 21.9 Å². The number of hydrogen-bond donors (Lipinski definition) is 2. The van der Waals surface area contributed by atoms with Gasteiger partial charge in [-0.1, -0.05) is 44.0 Å². The predicted molar refractivity (Wildman–Crippen MR) is 76.0 cm³/mol. The Morgan fingerprint density at radius 1 is 1.00 bits per heavy atom. The highest BCUT2D eigenvalue weighted by molar-refractivity contribution is 7.46. The molecule has 0 saturated heterocycles. The molecule has 108 valence electrons. The van der Waals surface area contributed by atoms with E-state index in [-0.39, 0.29) is 6.61 Å². The molecular formula is C14H23O4P. The van der Waals surface area contributed by atoms with Crippen LogP contribution in [0.4, 0.5) is 0 Å². The van der Waals surface area contributed by atoms with Gasteiger partial charge >= 0.3 is 7.82 Å². The van der Waals surface area contributed by atoms with Crippen LogP contribution in [0.1, 0.15) is 43.7 Å². The van der Waals surface area contributed by atoms with Gasteiger partial charge in [0.05, 0.1) is 6.61 Å². The first-order valence-corrected chi connectivity index (χ1v) is 8.32. The van der Waals surface area contributed by atoms with Crippen molar-refractivity contribution in [3.63, 3.8) is 0 Å². The zero-order chi connectivity index (χ0) is 14.1. The van der Waals surface area contributed by atoms with E-state index in [4.69, 9.17) is 9.79 Å². The zero-order valence-corrected chi connectivity index (χ0v) is 12.3. The molecule has 0 spiro atoms. The third-order valence-electron chi connectivity index (χ3n) is 2.96. The fraction of sp³-hybridized carbons (Fsp3) is 0.571. The van der Waals surface area contributed by atoms with E-state index >= 15 is 0 Å². The monoisotopic (exact) mass is 286 g/mol. The molecule has 0 aliphatic carbocycles. The van der Waals surface area contributed by atoms with Gasteiger partial charge in [0.15, 0.2) is 0 Å². The van der Waals surface area contributed by atoms with Gasteiger partial charge in [0.2, 0.25) is 0 Å². The summed E-state index contributed by atoms with van der Waals surface area (Å²) >= 11 is 0. The van der Waals surface area contributed by atoms with Gasteiger partial charge in [0.1, 0.15) is 0 Å². The van der Waals surface area contributed by atoms with Crippen molar-refractivity contribution >= 4 is 7.82 Å². The highest BCUT2D eigenvalue weighted by Gasteiger charge is 2.12. The molecule has 0 heterocycles. The highest BCUT2D eigenvalue weighted by atomic mass is 31.2. The molecule has 5 heteroatoms. The summed E-state index contributed by atoms with van der Waals surface area (Å²) in [6, 6.07) is 8.43. The summed E-state index contributed by atoms with van der Waals surface area (Å²) in [5.41, 5.74) is 2.53. The minimum absolute atomic E-state index is 0.0858. The lowest BCUT2D eigenvalue weighted by molar-refractivity contribution is 0.195. The van der Waals surface area contributed by atoms with E-state index < -0.39 is 7.82 Å². The molecule has 19 heavy (non-hydrogen) atoms. The molecule has 0 fully saturated rings.